The summed E-state index contributed by atoms with van der Waals surface area (Å²) >= 11 is 12.2. The molecule has 2 aromatic rings. The molecule has 28 heavy (non-hydrogen) atoms. The van der Waals surface area contributed by atoms with Crippen molar-refractivity contribution in [2.45, 2.75) is 44.2 Å². The average molecular weight is 419 g/mol. The van der Waals surface area contributed by atoms with Crippen molar-refractivity contribution in [2.75, 3.05) is 21.2 Å². The molecule has 2 aromatic carbocycles. The van der Waals surface area contributed by atoms with Gasteiger partial charge in [0.1, 0.15) is 11.3 Å². The van der Waals surface area contributed by atoms with Gasteiger partial charge in [-0.05, 0) is 42.0 Å². The van der Waals surface area contributed by atoms with Crippen molar-refractivity contribution < 1.29 is 9.22 Å². The third-order valence-electron chi connectivity index (χ3n) is 6.48. The van der Waals surface area contributed by atoms with Crippen LogP contribution < -0.4 is 4.74 Å². The fraction of sp³-hybridized carbons (Fsp3) is 0.417. The van der Waals surface area contributed by atoms with E-state index in [0.717, 1.165) is 34.7 Å². The molecule has 4 heteroatoms. The minimum atomic E-state index is 0.0140. The van der Waals surface area contributed by atoms with Gasteiger partial charge in [-0.1, -0.05) is 48.3 Å². The average Bonchev–Trinajstić information content (AvgIpc) is 3.54. The molecule has 1 unspecified atom stereocenters. The molecule has 2 nitrogen and oxygen atoms in total. The van der Waals surface area contributed by atoms with Crippen molar-refractivity contribution in [1.29, 1.82) is 0 Å². The highest BCUT2D eigenvalue weighted by molar-refractivity contribution is 6.42. The minimum Gasteiger partial charge on any atom is -0.497 e. The molecular formula is C24H30Cl2NO+. The normalized spacial score (nSPS) is 16.9. The first-order valence-corrected chi connectivity index (χ1v) is 10.7. The Morgan fingerprint density at radius 1 is 1.07 bits per heavy atom. The first-order chi connectivity index (χ1) is 13.3. The van der Waals surface area contributed by atoms with Crippen LogP contribution in [0.1, 0.15) is 43.7 Å². The topological polar surface area (TPSA) is 9.23 Å². The molecule has 0 aliphatic heterocycles. The van der Waals surface area contributed by atoms with Gasteiger partial charge >= 0.3 is 0 Å². The summed E-state index contributed by atoms with van der Waals surface area (Å²) in [6, 6.07) is 15.1. The van der Waals surface area contributed by atoms with Crippen molar-refractivity contribution in [3.8, 4) is 5.75 Å². The lowest BCUT2D eigenvalue weighted by Crippen LogP contribution is -2.58. The van der Waals surface area contributed by atoms with Crippen LogP contribution in [0.25, 0.3) is 6.08 Å². The monoisotopic (exact) mass is 418 g/mol. The smallest absolute Gasteiger partial charge is 0.128 e. The van der Waals surface area contributed by atoms with E-state index < -0.39 is 0 Å². The maximum Gasteiger partial charge on any atom is 0.128 e. The van der Waals surface area contributed by atoms with Gasteiger partial charge in [0.25, 0.3) is 0 Å². The second-order valence-electron chi connectivity index (χ2n) is 8.16. The standard InChI is InChI=1S/C24H30Cl2NO/c1-5-24(27(2,3)20-11-12-20,19-9-13-21(28-4)14-10-19)16-6-7-18-8-15-22(25)23(26)17-18/h6-10,13-15,17,20H,5,11-12,16H2,1-4H3/q+1. The summed E-state index contributed by atoms with van der Waals surface area (Å²) in [6.07, 6.45) is 9.08. The third kappa shape index (κ3) is 4.10. The van der Waals surface area contributed by atoms with Gasteiger partial charge < -0.3 is 9.22 Å². The summed E-state index contributed by atoms with van der Waals surface area (Å²) in [6.45, 7) is 2.31. The zero-order valence-electron chi connectivity index (χ0n) is 17.2. The highest BCUT2D eigenvalue weighted by atomic mass is 35.5. The Bertz CT molecular complexity index is 840. The maximum absolute atomic E-state index is 6.18. The van der Waals surface area contributed by atoms with Gasteiger partial charge in [0.05, 0.1) is 37.3 Å². The lowest BCUT2D eigenvalue weighted by atomic mass is 9.80. The number of nitrogens with zero attached hydrogens (tertiary/aromatic N) is 1. The van der Waals surface area contributed by atoms with Crippen LogP contribution in [0.3, 0.4) is 0 Å². The summed E-state index contributed by atoms with van der Waals surface area (Å²) < 4.78 is 6.38. The lowest BCUT2D eigenvalue weighted by molar-refractivity contribution is -0.960. The van der Waals surface area contributed by atoms with Crippen LogP contribution in [0.2, 0.25) is 10.0 Å². The quantitative estimate of drug-likeness (QED) is 0.421. The molecule has 1 aliphatic carbocycles. The molecule has 1 aliphatic rings. The molecule has 0 bridgehead atoms. The zero-order valence-corrected chi connectivity index (χ0v) is 18.7. The summed E-state index contributed by atoms with van der Waals surface area (Å²) in [4.78, 5) is 0. The molecule has 0 radical (unpaired) electrons. The fourth-order valence-corrected chi connectivity index (χ4v) is 4.73. The first-order valence-electron chi connectivity index (χ1n) is 9.94. The third-order valence-corrected chi connectivity index (χ3v) is 7.22. The van der Waals surface area contributed by atoms with E-state index in [0.29, 0.717) is 10.0 Å². The molecule has 150 valence electrons. The molecule has 0 spiro atoms. The number of ether oxygens (including phenoxy) is 1. The summed E-state index contributed by atoms with van der Waals surface area (Å²) in [5.74, 6) is 0.900. The van der Waals surface area contributed by atoms with E-state index in [1.165, 1.54) is 18.4 Å². The van der Waals surface area contributed by atoms with E-state index in [-0.39, 0.29) is 5.54 Å². The van der Waals surface area contributed by atoms with Crippen LogP contribution >= 0.6 is 23.2 Å². The second kappa shape index (κ2) is 8.49. The highest BCUT2D eigenvalue weighted by Crippen LogP contribution is 2.47. The number of benzene rings is 2. The Morgan fingerprint density at radius 3 is 2.29 bits per heavy atom. The van der Waals surface area contributed by atoms with Gasteiger partial charge in [0.15, 0.2) is 0 Å². The van der Waals surface area contributed by atoms with E-state index >= 15 is 0 Å². The van der Waals surface area contributed by atoms with Gasteiger partial charge in [-0.2, -0.15) is 0 Å². The van der Waals surface area contributed by atoms with Gasteiger partial charge in [0.2, 0.25) is 0 Å². The van der Waals surface area contributed by atoms with Crippen molar-refractivity contribution in [3.63, 3.8) is 0 Å². The van der Waals surface area contributed by atoms with Gasteiger partial charge in [0, 0.05) is 31.2 Å². The lowest BCUT2D eigenvalue weighted by Gasteiger charge is -2.49. The first kappa shape index (κ1) is 21.2. The molecule has 0 aromatic heterocycles. The van der Waals surface area contributed by atoms with Crippen LogP contribution in [0.4, 0.5) is 0 Å². The van der Waals surface area contributed by atoms with Crippen LogP contribution in [-0.4, -0.2) is 31.7 Å². The highest BCUT2D eigenvalue weighted by Gasteiger charge is 2.52. The van der Waals surface area contributed by atoms with Crippen molar-refractivity contribution in [2.24, 2.45) is 0 Å². The van der Waals surface area contributed by atoms with E-state index in [9.17, 15) is 0 Å². The van der Waals surface area contributed by atoms with E-state index in [2.05, 4.69) is 57.4 Å². The fourth-order valence-electron chi connectivity index (χ4n) is 4.42. The molecule has 1 atom stereocenters. The Kier molecular flexibility index (Phi) is 6.44. The molecule has 0 heterocycles. The van der Waals surface area contributed by atoms with Crippen molar-refractivity contribution in [3.05, 3.63) is 69.7 Å². The molecule has 3 rings (SSSR count). The van der Waals surface area contributed by atoms with E-state index in [1.807, 2.05) is 18.2 Å². The number of hydrogen-bond acceptors (Lipinski definition) is 1. The number of quaternary nitrogens is 1. The molecule has 0 saturated heterocycles. The number of rotatable bonds is 8. The van der Waals surface area contributed by atoms with E-state index in [1.54, 1.807) is 7.11 Å². The van der Waals surface area contributed by atoms with Gasteiger partial charge in [-0.15, -0.1) is 0 Å². The predicted octanol–water partition coefficient (Wildman–Crippen LogP) is 6.95. The molecular weight excluding hydrogens is 389 g/mol. The summed E-state index contributed by atoms with van der Waals surface area (Å²) in [5, 5.41) is 1.18. The summed E-state index contributed by atoms with van der Waals surface area (Å²) in [7, 11) is 6.49. The largest absolute Gasteiger partial charge is 0.497 e. The second-order valence-corrected chi connectivity index (χ2v) is 8.98. The van der Waals surface area contributed by atoms with Gasteiger partial charge in [-0.25, -0.2) is 0 Å². The van der Waals surface area contributed by atoms with Crippen LogP contribution in [0.15, 0.2) is 48.5 Å². The predicted molar refractivity (Wildman–Crippen MR) is 120 cm³/mol. The van der Waals surface area contributed by atoms with E-state index in [4.69, 9.17) is 27.9 Å². The number of methoxy groups -OCH3 is 1. The Balaban J connectivity index is 1.95. The zero-order chi connectivity index (χ0) is 20.4. The van der Waals surface area contributed by atoms with Gasteiger partial charge in [-0.3, -0.25) is 0 Å². The number of hydrogen-bond donors (Lipinski definition) is 0. The SMILES string of the molecule is CCC(CC=Cc1ccc(Cl)c(Cl)c1)(c1ccc(OC)cc1)[N+](C)(C)C1CC1. The maximum atomic E-state index is 6.18. The molecule has 0 amide bonds. The van der Waals surface area contributed by atoms with Crippen LogP contribution in [-0.2, 0) is 5.54 Å². The molecule has 1 fully saturated rings. The Labute approximate surface area is 179 Å². The Morgan fingerprint density at radius 2 is 1.75 bits per heavy atom. The van der Waals surface area contributed by atoms with Crippen molar-refractivity contribution in [1.82, 2.24) is 0 Å². The number of halogens is 2. The summed E-state index contributed by atoms with van der Waals surface area (Å²) in [5.41, 5.74) is 2.46. The van der Waals surface area contributed by atoms with Crippen LogP contribution in [0, 0.1) is 0 Å². The van der Waals surface area contributed by atoms with Crippen LogP contribution in [0.5, 0.6) is 5.75 Å². The molecule has 0 N–H and O–H groups in total. The van der Waals surface area contributed by atoms with Crippen molar-refractivity contribution >= 4 is 29.3 Å². The molecule has 1 saturated carbocycles. The minimum absolute atomic E-state index is 0.0140. The Hall–Kier alpha value is -1.48.